The van der Waals surface area contributed by atoms with E-state index in [-0.39, 0.29) is 5.91 Å². The molecule has 23 heavy (non-hydrogen) atoms. The van der Waals surface area contributed by atoms with Gasteiger partial charge in [0.05, 0.1) is 6.42 Å². The Morgan fingerprint density at radius 2 is 1.74 bits per heavy atom. The Morgan fingerprint density at radius 3 is 2.30 bits per heavy atom. The highest BCUT2D eigenvalue weighted by atomic mass is 16.2. The molecule has 1 aliphatic heterocycles. The van der Waals surface area contributed by atoms with Crippen LogP contribution in [-0.4, -0.2) is 48.4 Å². The first kappa shape index (κ1) is 18.0. The second-order valence-electron chi connectivity index (χ2n) is 6.77. The van der Waals surface area contributed by atoms with Crippen LogP contribution in [0.5, 0.6) is 0 Å². The van der Waals surface area contributed by atoms with Crippen LogP contribution in [0.25, 0.3) is 0 Å². The van der Waals surface area contributed by atoms with Crippen molar-refractivity contribution in [2.75, 3.05) is 26.7 Å². The van der Waals surface area contributed by atoms with Gasteiger partial charge in [-0.15, -0.1) is 0 Å². The van der Waals surface area contributed by atoms with Crippen LogP contribution in [0, 0.1) is 0 Å². The molecule has 0 N–H and O–H groups in total. The van der Waals surface area contributed by atoms with Crippen LogP contribution in [-0.2, 0) is 17.6 Å². The van der Waals surface area contributed by atoms with Crippen molar-refractivity contribution >= 4 is 5.91 Å². The first-order valence-electron chi connectivity index (χ1n) is 9.19. The van der Waals surface area contributed by atoms with Crippen LogP contribution in [0.15, 0.2) is 24.3 Å². The van der Waals surface area contributed by atoms with Crippen LogP contribution in [0.4, 0.5) is 0 Å². The number of likely N-dealkylation sites (tertiary alicyclic amines) is 1. The van der Waals surface area contributed by atoms with Crippen molar-refractivity contribution in [1.29, 1.82) is 0 Å². The van der Waals surface area contributed by atoms with Crippen LogP contribution in [0.2, 0.25) is 0 Å². The molecule has 1 saturated heterocycles. The van der Waals surface area contributed by atoms with E-state index in [1.165, 1.54) is 18.4 Å². The quantitative estimate of drug-likeness (QED) is 0.768. The van der Waals surface area contributed by atoms with Gasteiger partial charge in [-0.3, -0.25) is 4.79 Å². The fourth-order valence-electron chi connectivity index (χ4n) is 3.33. The lowest BCUT2D eigenvalue weighted by Gasteiger charge is -2.36. The number of aryl methyl sites for hydroxylation is 1. The van der Waals surface area contributed by atoms with Gasteiger partial charge in [-0.25, -0.2) is 0 Å². The van der Waals surface area contributed by atoms with E-state index < -0.39 is 0 Å². The van der Waals surface area contributed by atoms with E-state index >= 15 is 0 Å². The number of rotatable bonds is 7. The molecule has 2 rings (SSSR count). The molecule has 0 radical (unpaired) electrons. The maximum absolute atomic E-state index is 12.5. The van der Waals surface area contributed by atoms with Gasteiger partial charge in [0.25, 0.3) is 0 Å². The van der Waals surface area contributed by atoms with Crippen molar-refractivity contribution in [3.05, 3.63) is 35.4 Å². The summed E-state index contributed by atoms with van der Waals surface area (Å²) in [4.78, 5) is 17.0. The van der Waals surface area contributed by atoms with Crippen LogP contribution >= 0.6 is 0 Å². The highest BCUT2D eigenvalue weighted by molar-refractivity contribution is 5.78. The molecule has 128 valence electrons. The Labute approximate surface area is 141 Å². The minimum atomic E-state index is 0.251. The van der Waals surface area contributed by atoms with Gasteiger partial charge < -0.3 is 9.80 Å². The lowest BCUT2D eigenvalue weighted by Crippen LogP contribution is -2.45. The molecule has 1 heterocycles. The third-order valence-corrected chi connectivity index (χ3v) is 5.14. The van der Waals surface area contributed by atoms with Crippen LogP contribution in [0.1, 0.15) is 50.7 Å². The van der Waals surface area contributed by atoms with Gasteiger partial charge in [-0.05, 0) is 43.4 Å². The van der Waals surface area contributed by atoms with E-state index in [9.17, 15) is 4.79 Å². The average molecular weight is 316 g/mol. The normalized spacial score (nSPS) is 16.5. The minimum Gasteiger partial charge on any atom is -0.342 e. The van der Waals surface area contributed by atoms with E-state index in [2.05, 4.69) is 43.0 Å². The molecule has 0 saturated carbocycles. The Balaban J connectivity index is 1.83. The minimum absolute atomic E-state index is 0.251. The number of carbonyl (C=O) groups excluding carboxylic acids is 1. The average Bonchev–Trinajstić information content (AvgIpc) is 2.60. The number of unbranched alkanes of at least 4 members (excludes halogenated alkanes) is 1. The number of nitrogens with zero attached hydrogens (tertiary/aromatic N) is 2. The lowest BCUT2D eigenvalue weighted by atomic mass is 10.0. The molecule has 1 amide bonds. The molecule has 0 bridgehead atoms. The second kappa shape index (κ2) is 9.07. The molecular formula is C20H32N2O. The smallest absolute Gasteiger partial charge is 0.226 e. The van der Waals surface area contributed by atoms with Crippen LogP contribution < -0.4 is 0 Å². The molecule has 3 heteroatoms. The molecular weight excluding hydrogens is 284 g/mol. The zero-order valence-electron chi connectivity index (χ0n) is 15.1. The molecule has 1 fully saturated rings. The molecule has 1 aromatic carbocycles. The van der Waals surface area contributed by atoms with Gasteiger partial charge >= 0.3 is 0 Å². The molecule has 0 atom stereocenters. The molecule has 0 spiro atoms. The summed E-state index contributed by atoms with van der Waals surface area (Å²) in [6.07, 6.45) is 6.33. The molecule has 0 unspecified atom stereocenters. The number of hydrogen-bond donors (Lipinski definition) is 0. The van der Waals surface area contributed by atoms with E-state index in [0.717, 1.165) is 44.5 Å². The van der Waals surface area contributed by atoms with E-state index in [0.29, 0.717) is 12.5 Å². The van der Waals surface area contributed by atoms with Gasteiger partial charge in [-0.2, -0.15) is 0 Å². The highest BCUT2D eigenvalue weighted by Crippen LogP contribution is 2.17. The Bertz CT molecular complexity index is 475. The summed E-state index contributed by atoms with van der Waals surface area (Å²) in [5, 5.41) is 0. The Kier molecular flexibility index (Phi) is 7.10. The zero-order chi connectivity index (χ0) is 16.7. The third kappa shape index (κ3) is 5.35. The van der Waals surface area contributed by atoms with Gasteiger partial charge in [0.15, 0.2) is 0 Å². The molecule has 3 nitrogen and oxygen atoms in total. The van der Waals surface area contributed by atoms with Gasteiger partial charge in [0, 0.05) is 26.2 Å². The third-order valence-electron chi connectivity index (χ3n) is 5.14. The van der Waals surface area contributed by atoms with Crippen LogP contribution in [0.3, 0.4) is 0 Å². The summed E-state index contributed by atoms with van der Waals surface area (Å²) in [6, 6.07) is 9.01. The maximum atomic E-state index is 12.5. The van der Waals surface area contributed by atoms with Crippen molar-refractivity contribution < 1.29 is 4.79 Å². The summed E-state index contributed by atoms with van der Waals surface area (Å²) in [7, 11) is 1.98. The largest absolute Gasteiger partial charge is 0.342 e. The van der Waals surface area contributed by atoms with E-state index in [1.807, 2.05) is 11.9 Å². The summed E-state index contributed by atoms with van der Waals surface area (Å²) in [5.41, 5.74) is 2.51. The SMILES string of the molecule is CCCCc1ccc(CC(=O)N(C)C2CCN(CC)CC2)cc1. The highest BCUT2D eigenvalue weighted by Gasteiger charge is 2.24. The van der Waals surface area contributed by atoms with Gasteiger partial charge in [0.2, 0.25) is 5.91 Å². The fourth-order valence-corrected chi connectivity index (χ4v) is 3.33. The number of hydrogen-bond acceptors (Lipinski definition) is 2. The number of benzene rings is 1. The molecule has 0 aliphatic carbocycles. The van der Waals surface area contributed by atoms with Crippen molar-refractivity contribution in [2.24, 2.45) is 0 Å². The van der Waals surface area contributed by atoms with Gasteiger partial charge in [-0.1, -0.05) is 44.5 Å². The summed E-state index contributed by atoms with van der Waals surface area (Å²) in [5.74, 6) is 0.251. The topological polar surface area (TPSA) is 23.6 Å². The summed E-state index contributed by atoms with van der Waals surface area (Å²) >= 11 is 0. The Hall–Kier alpha value is -1.35. The molecule has 1 aliphatic rings. The van der Waals surface area contributed by atoms with E-state index in [1.54, 1.807) is 0 Å². The van der Waals surface area contributed by atoms with Crippen molar-refractivity contribution in [3.63, 3.8) is 0 Å². The van der Waals surface area contributed by atoms with Crippen molar-refractivity contribution in [3.8, 4) is 0 Å². The summed E-state index contributed by atoms with van der Waals surface area (Å²) in [6.45, 7) is 7.78. The number of amides is 1. The number of likely N-dealkylation sites (N-methyl/N-ethyl adjacent to an activating group) is 1. The Morgan fingerprint density at radius 1 is 1.13 bits per heavy atom. The van der Waals surface area contributed by atoms with E-state index in [4.69, 9.17) is 0 Å². The standard InChI is InChI=1S/C20H32N2O/c1-4-6-7-17-8-10-18(11-9-17)16-20(23)21(3)19-12-14-22(5-2)15-13-19/h8-11,19H,4-7,12-16H2,1-3H3. The number of carbonyl (C=O) groups is 1. The maximum Gasteiger partial charge on any atom is 0.226 e. The first-order chi connectivity index (χ1) is 11.1. The lowest BCUT2D eigenvalue weighted by molar-refractivity contribution is -0.132. The number of piperidine rings is 1. The molecule has 0 aromatic heterocycles. The van der Waals surface area contributed by atoms with Crippen molar-refractivity contribution in [1.82, 2.24) is 9.80 Å². The predicted molar refractivity (Wildman–Crippen MR) is 96.7 cm³/mol. The zero-order valence-corrected chi connectivity index (χ0v) is 15.1. The summed E-state index contributed by atoms with van der Waals surface area (Å²) < 4.78 is 0. The van der Waals surface area contributed by atoms with Gasteiger partial charge in [0.1, 0.15) is 0 Å². The monoisotopic (exact) mass is 316 g/mol. The van der Waals surface area contributed by atoms with Crippen molar-refractivity contribution in [2.45, 2.75) is 58.4 Å². The predicted octanol–water partition coefficient (Wildman–Crippen LogP) is 3.51. The first-order valence-corrected chi connectivity index (χ1v) is 9.19. The molecule has 1 aromatic rings. The fraction of sp³-hybridized carbons (Fsp3) is 0.650. The second-order valence-corrected chi connectivity index (χ2v) is 6.77.